The third-order valence-electron chi connectivity index (χ3n) is 5.21. The van der Waals surface area contributed by atoms with Gasteiger partial charge in [0.15, 0.2) is 11.8 Å². The highest BCUT2D eigenvalue weighted by Crippen LogP contribution is 2.33. The Morgan fingerprint density at radius 3 is 2.69 bits per heavy atom. The topological polar surface area (TPSA) is 76.4 Å². The first kappa shape index (κ1) is 26.5. The quantitative estimate of drug-likeness (QED) is 0.229. The van der Waals surface area contributed by atoms with Gasteiger partial charge in [0.2, 0.25) is 0 Å². The first-order chi connectivity index (χ1) is 13.3. The van der Waals surface area contributed by atoms with Crippen molar-refractivity contribution in [2.45, 2.75) is 59.6 Å². The Labute approximate surface area is 197 Å². The molecule has 9 heteroatoms. The number of nitrogens with one attached hydrogen (secondary N) is 2. The summed E-state index contributed by atoms with van der Waals surface area (Å²) in [5.41, 5.74) is 0.145. The standard InChI is InChI=1S/C20H38N6OS.HI/c1-15-24-25-17(26(15)5)14-23-19(21-10-8-12-28-6)22-13-16-9-7-11-27-18(16)20(2,3)4;/h16,18H,7-14H2,1-6H3,(H2,21,22,23);1H. The van der Waals surface area contributed by atoms with Crippen LogP contribution in [-0.4, -0.2) is 58.5 Å². The van der Waals surface area contributed by atoms with Crippen molar-refractivity contribution in [2.75, 3.05) is 31.7 Å². The number of aliphatic imine (C=N–C) groups is 1. The van der Waals surface area contributed by atoms with Crippen LogP contribution in [0.2, 0.25) is 0 Å². The molecule has 0 bridgehead atoms. The summed E-state index contributed by atoms with van der Waals surface area (Å²) in [6.45, 7) is 11.9. The van der Waals surface area contributed by atoms with E-state index < -0.39 is 0 Å². The molecule has 0 radical (unpaired) electrons. The van der Waals surface area contributed by atoms with Crippen molar-refractivity contribution in [3.63, 3.8) is 0 Å². The Bertz CT molecular complexity index is 631. The highest BCUT2D eigenvalue weighted by molar-refractivity contribution is 14.0. The average Bonchev–Trinajstić information content (AvgIpc) is 2.98. The van der Waals surface area contributed by atoms with Crippen LogP contribution >= 0.6 is 35.7 Å². The normalized spacial score (nSPS) is 20.3. The Kier molecular flexibility index (Phi) is 11.9. The van der Waals surface area contributed by atoms with Gasteiger partial charge in [-0.1, -0.05) is 20.8 Å². The molecule has 0 amide bonds. The highest BCUT2D eigenvalue weighted by Gasteiger charge is 2.35. The predicted octanol–water partition coefficient (Wildman–Crippen LogP) is 3.37. The molecule has 168 valence electrons. The van der Waals surface area contributed by atoms with Crippen molar-refractivity contribution < 1.29 is 4.74 Å². The number of thioether (sulfide) groups is 1. The van der Waals surface area contributed by atoms with Crippen LogP contribution in [0.4, 0.5) is 0 Å². The van der Waals surface area contributed by atoms with Gasteiger partial charge in [-0.25, -0.2) is 4.99 Å². The van der Waals surface area contributed by atoms with E-state index >= 15 is 0 Å². The molecule has 2 rings (SSSR count). The summed E-state index contributed by atoms with van der Waals surface area (Å²) in [5.74, 6) is 4.26. The molecule has 7 nitrogen and oxygen atoms in total. The first-order valence-electron chi connectivity index (χ1n) is 10.3. The van der Waals surface area contributed by atoms with Crippen molar-refractivity contribution in [3.05, 3.63) is 11.6 Å². The molecule has 2 unspecified atom stereocenters. The van der Waals surface area contributed by atoms with E-state index in [1.165, 1.54) is 6.42 Å². The fraction of sp³-hybridized carbons (Fsp3) is 0.850. The minimum absolute atomic E-state index is 0. The van der Waals surface area contributed by atoms with E-state index in [-0.39, 0.29) is 35.5 Å². The van der Waals surface area contributed by atoms with Gasteiger partial charge in [-0.15, -0.1) is 34.2 Å². The Hall–Kier alpha value is -0.550. The van der Waals surface area contributed by atoms with Crippen LogP contribution in [0.25, 0.3) is 0 Å². The van der Waals surface area contributed by atoms with Crippen LogP contribution in [0.5, 0.6) is 0 Å². The second-order valence-electron chi connectivity index (χ2n) is 8.60. The molecular weight excluding hydrogens is 499 g/mol. The van der Waals surface area contributed by atoms with E-state index in [0.717, 1.165) is 55.9 Å². The zero-order valence-corrected chi connectivity index (χ0v) is 22.0. The number of guanidine groups is 1. The number of hydrogen-bond acceptors (Lipinski definition) is 5. The largest absolute Gasteiger partial charge is 0.377 e. The van der Waals surface area contributed by atoms with Gasteiger partial charge < -0.3 is 19.9 Å². The van der Waals surface area contributed by atoms with Crippen molar-refractivity contribution in [1.29, 1.82) is 0 Å². The molecular formula is C20H39IN6OS. The SMILES string of the molecule is CSCCCNC(=NCc1nnc(C)n1C)NCC1CCCOC1C(C)(C)C.I. The van der Waals surface area contributed by atoms with Gasteiger partial charge in [-0.2, -0.15) is 11.8 Å². The van der Waals surface area contributed by atoms with Gasteiger partial charge in [-0.3, -0.25) is 0 Å². The summed E-state index contributed by atoms with van der Waals surface area (Å²) < 4.78 is 8.11. The maximum Gasteiger partial charge on any atom is 0.191 e. The Balaban J connectivity index is 0.00000420. The number of ether oxygens (including phenoxy) is 1. The minimum Gasteiger partial charge on any atom is -0.377 e. The highest BCUT2D eigenvalue weighted by atomic mass is 127. The lowest BCUT2D eigenvalue weighted by molar-refractivity contribution is -0.0835. The van der Waals surface area contributed by atoms with Crippen LogP contribution in [0.15, 0.2) is 4.99 Å². The van der Waals surface area contributed by atoms with E-state index in [4.69, 9.17) is 9.73 Å². The maximum absolute atomic E-state index is 6.12. The maximum atomic E-state index is 6.12. The number of aromatic nitrogens is 3. The third kappa shape index (κ3) is 8.61. The molecule has 0 aromatic carbocycles. The Morgan fingerprint density at radius 1 is 1.31 bits per heavy atom. The van der Waals surface area contributed by atoms with E-state index in [1.807, 2.05) is 30.3 Å². The molecule has 0 aliphatic carbocycles. The van der Waals surface area contributed by atoms with Gasteiger partial charge in [0.1, 0.15) is 12.4 Å². The van der Waals surface area contributed by atoms with E-state index in [1.54, 1.807) is 0 Å². The molecule has 1 aliphatic heterocycles. The second-order valence-corrected chi connectivity index (χ2v) is 9.59. The fourth-order valence-corrected chi connectivity index (χ4v) is 4.01. The van der Waals surface area contributed by atoms with Gasteiger partial charge >= 0.3 is 0 Å². The number of hydrogen-bond donors (Lipinski definition) is 2. The van der Waals surface area contributed by atoms with E-state index in [0.29, 0.717) is 12.5 Å². The Morgan fingerprint density at radius 2 is 2.07 bits per heavy atom. The van der Waals surface area contributed by atoms with Crippen molar-refractivity contribution in [3.8, 4) is 0 Å². The molecule has 1 fully saturated rings. The van der Waals surface area contributed by atoms with Gasteiger partial charge in [0, 0.05) is 32.7 Å². The van der Waals surface area contributed by atoms with Crippen molar-refractivity contribution in [2.24, 2.45) is 23.4 Å². The number of rotatable bonds is 8. The lowest BCUT2D eigenvalue weighted by Crippen LogP contribution is -2.47. The van der Waals surface area contributed by atoms with Crippen molar-refractivity contribution >= 4 is 41.7 Å². The average molecular weight is 539 g/mol. The first-order valence-corrected chi connectivity index (χ1v) is 11.7. The molecule has 0 saturated carbocycles. The molecule has 1 aromatic rings. The zero-order valence-electron chi connectivity index (χ0n) is 18.8. The van der Waals surface area contributed by atoms with Crippen LogP contribution < -0.4 is 10.6 Å². The minimum atomic E-state index is 0. The lowest BCUT2D eigenvalue weighted by atomic mass is 9.78. The zero-order chi connectivity index (χ0) is 20.6. The van der Waals surface area contributed by atoms with Gasteiger partial charge in [-0.05, 0) is 43.6 Å². The molecule has 29 heavy (non-hydrogen) atoms. The van der Waals surface area contributed by atoms with Gasteiger partial charge in [0.05, 0.1) is 6.10 Å². The number of halogens is 1. The number of aryl methyl sites for hydroxylation is 1. The van der Waals surface area contributed by atoms with Crippen LogP contribution in [0, 0.1) is 18.3 Å². The summed E-state index contributed by atoms with van der Waals surface area (Å²) >= 11 is 1.87. The summed E-state index contributed by atoms with van der Waals surface area (Å²) in [7, 11) is 1.98. The summed E-state index contributed by atoms with van der Waals surface area (Å²) in [6.07, 6.45) is 5.84. The third-order valence-corrected chi connectivity index (χ3v) is 5.91. The van der Waals surface area contributed by atoms with Crippen LogP contribution in [-0.2, 0) is 18.3 Å². The molecule has 2 N–H and O–H groups in total. The number of nitrogens with zero attached hydrogens (tertiary/aromatic N) is 4. The van der Waals surface area contributed by atoms with E-state index in [2.05, 4.69) is 47.9 Å². The second kappa shape index (κ2) is 13.0. The molecule has 1 aromatic heterocycles. The summed E-state index contributed by atoms with van der Waals surface area (Å²) in [4.78, 5) is 4.76. The molecule has 1 aliphatic rings. The van der Waals surface area contributed by atoms with Crippen LogP contribution in [0.1, 0.15) is 51.7 Å². The van der Waals surface area contributed by atoms with Gasteiger partial charge in [0.25, 0.3) is 0 Å². The smallest absolute Gasteiger partial charge is 0.191 e. The fourth-order valence-electron chi connectivity index (χ4n) is 3.57. The molecule has 0 spiro atoms. The van der Waals surface area contributed by atoms with E-state index in [9.17, 15) is 0 Å². The predicted molar refractivity (Wildman–Crippen MR) is 133 cm³/mol. The van der Waals surface area contributed by atoms with Crippen LogP contribution in [0.3, 0.4) is 0 Å². The summed E-state index contributed by atoms with van der Waals surface area (Å²) in [5, 5.41) is 15.4. The monoisotopic (exact) mass is 538 g/mol. The molecule has 2 heterocycles. The molecule has 2 atom stereocenters. The molecule has 1 saturated heterocycles. The summed E-state index contributed by atoms with van der Waals surface area (Å²) in [6, 6.07) is 0. The lowest BCUT2D eigenvalue weighted by Gasteiger charge is -2.40. The van der Waals surface area contributed by atoms with Crippen molar-refractivity contribution in [1.82, 2.24) is 25.4 Å².